The van der Waals surface area contributed by atoms with Crippen LogP contribution in [0.15, 0.2) is 42.7 Å². The van der Waals surface area contributed by atoms with Crippen LogP contribution in [0.5, 0.6) is 0 Å². The summed E-state index contributed by atoms with van der Waals surface area (Å²) in [5, 5.41) is 0.476. The zero-order valence-corrected chi connectivity index (χ0v) is 13.7. The Bertz CT molecular complexity index is 569. The van der Waals surface area contributed by atoms with Crippen LogP contribution in [0.3, 0.4) is 0 Å². The van der Waals surface area contributed by atoms with E-state index in [0.717, 1.165) is 25.2 Å². The lowest BCUT2D eigenvalue weighted by Crippen LogP contribution is -2.31. The zero-order chi connectivity index (χ0) is 15.9. The first-order chi connectivity index (χ1) is 10.6. The van der Waals surface area contributed by atoms with Gasteiger partial charge in [0.15, 0.2) is 0 Å². The van der Waals surface area contributed by atoms with Crippen LogP contribution in [0.4, 0.5) is 4.39 Å². The molecule has 0 bridgehead atoms. The van der Waals surface area contributed by atoms with Crippen molar-refractivity contribution in [2.24, 2.45) is 0 Å². The van der Waals surface area contributed by atoms with Crippen molar-refractivity contribution in [3.63, 3.8) is 0 Å². The summed E-state index contributed by atoms with van der Waals surface area (Å²) < 4.78 is 14.0. The maximum Gasteiger partial charge on any atom is 0.129 e. The molecule has 0 saturated heterocycles. The Balaban J connectivity index is 2.13. The molecule has 0 spiro atoms. The van der Waals surface area contributed by atoms with Gasteiger partial charge in [0.1, 0.15) is 5.82 Å². The Morgan fingerprint density at radius 1 is 1.05 bits per heavy atom. The molecular formula is C17H21ClFN3. The molecule has 0 saturated carbocycles. The highest BCUT2D eigenvalue weighted by atomic mass is 35.5. The molecule has 1 aromatic carbocycles. The number of likely N-dealkylation sites (N-methyl/N-ethyl adjacent to an activating group) is 1. The number of hydrogen-bond donors (Lipinski definition) is 0. The van der Waals surface area contributed by atoms with E-state index in [4.69, 9.17) is 11.6 Å². The highest BCUT2D eigenvalue weighted by molar-refractivity contribution is 6.31. The van der Waals surface area contributed by atoms with Gasteiger partial charge in [-0.2, -0.15) is 0 Å². The second-order valence-electron chi connectivity index (χ2n) is 5.57. The second-order valence-corrected chi connectivity index (χ2v) is 5.98. The molecule has 0 radical (unpaired) electrons. The van der Waals surface area contributed by atoms with Crippen molar-refractivity contribution >= 4 is 11.6 Å². The monoisotopic (exact) mass is 321 g/mol. The molecule has 22 heavy (non-hydrogen) atoms. The zero-order valence-electron chi connectivity index (χ0n) is 13.0. The van der Waals surface area contributed by atoms with Crippen molar-refractivity contribution < 1.29 is 4.39 Å². The fraction of sp³-hybridized carbons (Fsp3) is 0.353. The van der Waals surface area contributed by atoms with E-state index in [1.54, 1.807) is 24.5 Å². The number of aromatic nitrogens is 1. The molecule has 0 aliphatic heterocycles. The van der Waals surface area contributed by atoms with Crippen LogP contribution in [0, 0.1) is 5.82 Å². The van der Waals surface area contributed by atoms with E-state index in [0.29, 0.717) is 17.1 Å². The van der Waals surface area contributed by atoms with Crippen molar-refractivity contribution in [2.45, 2.75) is 13.1 Å². The molecule has 0 fully saturated rings. The lowest BCUT2D eigenvalue weighted by atomic mass is 10.1. The minimum Gasteiger partial charge on any atom is -0.308 e. The minimum atomic E-state index is -0.253. The van der Waals surface area contributed by atoms with E-state index in [-0.39, 0.29) is 5.82 Å². The van der Waals surface area contributed by atoms with Crippen LogP contribution in [0.25, 0.3) is 0 Å². The first kappa shape index (κ1) is 16.9. The molecule has 0 amide bonds. The average molecular weight is 322 g/mol. The second kappa shape index (κ2) is 8.22. The Morgan fingerprint density at radius 2 is 1.77 bits per heavy atom. The van der Waals surface area contributed by atoms with Crippen LogP contribution in [-0.4, -0.2) is 42.0 Å². The predicted molar refractivity (Wildman–Crippen MR) is 88.3 cm³/mol. The molecule has 0 atom stereocenters. The Morgan fingerprint density at radius 3 is 2.41 bits per heavy atom. The number of hydrogen-bond acceptors (Lipinski definition) is 3. The summed E-state index contributed by atoms with van der Waals surface area (Å²) in [6.45, 7) is 2.96. The van der Waals surface area contributed by atoms with Crippen molar-refractivity contribution in [3.05, 3.63) is 64.7 Å². The van der Waals surface area contributed by atoms with Gasteiger partial charge in [0.2, 0.25) is 0 Å². The third kappa shape index (κ3) is 5.05. The van der Waals surface area contributed by atoms with Gasteiger partial charge in [-0.3, -0.25) is 9.88 Å². The summed E-state index contributed by atoms with van der Waals surface area (Å²) in [4.78, 5) is 8.34. The number of benzene rings is 1. The van der Waals surface area contributed by atoms with Gasteiger partial charge in [-0.25, -0.2) is 4.39 Å². The van der Waals surface area contributed by atoms with E-state index in [1.807, 2.05) is 26.2 Å². The van der Waals surface area contributed by atoms with Crippen molar-refractivity contribution in [3.8, 4) is 0 Å². The van der Waals surface area contributed by atoms with E-state index >= 15 is 0 Å². The van der Waals surface area contributed by atoms with E-state index in [1.165, 1.54) is 6.07 Å². The van der Waals surface area contributed by atoms with Gasteiger partial charge in [-0.15, -0.1) is 0 Å². The van der Waals surface area contributed by atoms with Crippen LogP contribution in [0.2, 0.25) is 5.02 Å². The lowest BCUT2D eigenvalue weighted by molar-refractivity contribution is 0.223. The maximum absolute atomic E-state index is 14.0. The fourth-order valence-electron chi connectivity index (χ4n) is 2.21. The normalized spacial score (nSPS) is 11.4. The summed E-state index contributed by atoms with van der Waals surface area (Å²) in [7, 11) is 4.06. The van der Waals surface area contributed by atoms with E-state index in [2.05, 4.69) is 14.8 Å². The third-order valence-electron chi connectivity index (χ3n) is 3.46. The first-order valence-electron chi connectivity index (χ1n) is 7.25. The van der Waals surface area contributed by atoms with Gasteiger partial charge in [-0.1, -0.05) is 17.7 Å². The molecule has 1 heterocycles. The van der Waals surface area contributed by atoms with Crippen LogP contribution in [0.1, 0.15) is 11.1 Å². The quantitative estimate of drug-likeness (QED) is 0.779. The Labute approximate surface area is 136 Å². The lowest BCUT2D eigenvalue weighted by Gasteiger charge is -2.25. The van der Waals surface area contributed by atoms with Gasteiger partial charge >= 0.3 is 0 Å². The predicted octanol–water partition coefficient (Wildman–Crippen LogP) is 3.44. The Kier molecular flexibility index (Phi) is 6.31. The van der Waals surface area contributed by atoms with Crippen LogP contribution < -0.4 is 0 Å². The summed E-state index contributed by atoms with van der Waals surface area (Å²) >= 11 is 6.15. The summed E-state index contributed by atoms with van der Waals surface area (Å²) in [5.41, 5.74) is 1.71. The number of pyridine rings is 1. The largest absolute Gasteiger partial charge is 0.308 e. The van der Waals surface area contributed by atoms with Crippen LogP contribution >= 0.6 is 11.6 Å². The average Bonchev–Trinajstić information content (AvgIpc) is 2.49. The molecule has 0 aliphatic rings. The van der Waals surface area contributed by atoms with Gasteiger partial charge in [0.05, 0.1) is 0 Å². The van der Waals surface area contributed by atoms with Crippen LogP contribution in [-0.2, 0) is 13.1 Å². The van der Waals surface area contributed by atoms with Crippen molar-refractivity contribution in [1.82, 2.24) is 14.8 Å². The molecule has 5 heteroatoms. The molecule has 2 aromatic rings. The number of nitrogens with zero attached hydrogens (tertiary/aromatic N) is 3. The third-order valence-corrected chi connectivity index (χ3v) is 3.82. The topological polar surface area (TPSA) is 19.4 Å². The fourth-order valence-corrected chi connectivity index (χ4v) is 2.43. The van der Waals surface area contributed by atoms with Gasteiger partial charge in [-0.05, 0) is 43.9 Å². The van der Waals surface area contributed by atoms with Gasteiger partial charge in [0.25, 0.3) is 0 Å². The standard InChI is InChI=1S/C17H21ClFN3/c1-21(2)10-11-22(12-14-6-8-20-9-7-14)13-15-16(18)4-3-5-17(15)19/h3-9H,10-13H2,1-2H3. The van der Waals surface area contributed by atoms with E-state index < -0.39 is 0 Å². The molecule has 2 rings (SSSR count). The van der Waals surface area contributed by atoms with Gasteiger partial charge in [0, 0.05) is 49.2 Å². The van der Waals surface area contributed by atoms with E-state index in [9.17, 15) is 4.39 Å². The molecule has 3 nitrogen and oxygen atoms in total. The maximum atomic E-state index is 14.0. The molecule has 0 N–H and O–H groups in total. The molecule has 0 unspecified atom stereocenters. The smallest absolute Gasteiger partial charge is 0.129 e. The highest BCUT2D eigenvalue weighted by Gasteiger charge is 2.13. The molecular weight excluding hydrogens is 301 g/mol. The van der Waals surface area contributed by atoms with Gasteiger partial charge < -0.3 is 4.90 Å². The molecule has 0 aliphatic carbocycles. The number of halogens is 2. The summed E-state index contributed by atoms with van der Waals surface area (Å²) in [5.74, 6) is -0.253. The summed E-state index contributed by atoms with van der Waals surface area (Å²) in [6.07, 6.45) is 3.55. The SMILES string of the molecule is CN(C)CCN(Cc1ccncc1)Cc1c(F)cccc1Cl. The minimum absolute atomic E-state index is 0.253. The molecule has 118 valence electrons. The summed E-state index contributed by atoms with van der Waals surface area (Å²) in [6, 6.07) is 8.78. The Hall–Kier alpha value is -1.49. The first-order valence-corrected chi connectivity index (χ1v) is 7.63. The molecule has 1 aromatic heterocycles. The van der Waals surface area contributed by atoms with Crippen molar-refractivity contribution in [1.29, 1.82) is 0 Å². The number of rotatable bonds is 7. The van der Waals surface area contributed by atoms with Crippen molar-refractivity contribution in [2.75, 3.05) is 27.2 Å². The highest BCUT2D eigenvalue weighted by Crippen LogP contribution is 2.21.